The van der Waals surface area contributed by atoms with Crippen LogP contribution >= 0.6 is 0 Å². The van der Waals surface area contributed by atoms with Gasteiger partial charge in [-0.2, -0.15) is 0 Å². The predicted octanol–water partition coefficient (Wildman–Crippen LogP) is 1.56. The second kappa shape index (κ2) is 6.83. The Hall–Kier alpha value is -1.43. The molecule has 2 rings (SSSR count). The number of aromatic nitrogens is 3. The summed E-state index contributed by atoms with van der Waals surface area (Å²) in [5.74, 6) is 0.0985. The Bertz CT molecular complexity index is 452. The van der Waals surface area contributed by atoms with Crippen molar-refractivity contribution in [1.29, 1.82) is 0 Å². The molecule has 1 saturated carbocycles. The van der Waals surface area contributed by atoms with Crippen LogP contribution in [0.15, 0.2) is 0 Å². The van der Waals surface area contributed by atoms with E-state index in [0.29, 0.717) is 12.5 Å². The van der Waals surface area contributed by atoms with Crippen molar-refractivity contribution in [3.05, 3.63) is 11.4 Å². The first-order valence-corrected chi connectivity index (χ1v) is 7.38. The Morgan fingerprint density at radius 3 is 2.75 bits per heavy atom. The fraction of sp³-hybridized carbons (Fsp3) is 0.786. The Labute approximate surface area is 119 Å². The number of nitrogens with zero attached hydrogens (tertiary/aromatic N) is 3. The van der Waals surface area contributed by atoms with Gasteiger partial charge in [-0.15, -0.1) is 5.10 Å². The molecule has 20 heavy (non-hydrogen) atoms. The third kappa shape index (κ3) is 3.17. The lowest BCUT2D eigenvalue weighted by molar-refractivity contribution is -0.117. The van der Waals surface area contributed by atoms with E-state index in [-0.39, 0.29) is 18.4 Å². The summed E-state index contributed by atoms with van der Waals surface area (Å²) in [4.78, 5) is 11.2. The predicted molar refractivity (Wildman–Crippen MR) is 75.3 cm³/mol. The van der Waals surface area contributed by atoms with Gasteiger partial charge in [0.2, 0.25) is 5.91 Å². The topological polar surface area (TPSA) is 83.0 Å². The molecule has 1 amide bonds. The summed E-state index contributed by atoms with van der Waals surface area (Å²) in [6.45, 7) is 2.72. The number of hydrogen-bond acceptors (Lipinski definition) is 4. The number of nitrogens with two attached hydrogens (primary N) is 1. The van der Waals surface area contributed by atoms with Crippen molar-refractivity contribution in [1.82, 2.24) is 15.0 Å². The van der Waals surface area contributed by atoms with Gasteiger partial charge in [0, 0.05) is 13.0 Å². The summed E-state index contributed by atoms with van der Waals surface area (Å²) < 4.78 is 7.25. The summed E-state index contributed by atoms with van der Waals surface area (Å²) >= 11 is 0. The third-order valence-corrected chi connectivity index (χ3v) is 4.06. The summed E-state index contributed by atoms with van der Waals surface area (Å²) in [5.41, 5.74) is 7.18. The lowest BCUT2D eigenvalue weighted by Crippen LogP contribution is -2.21. The van der Waals surface area contributed by atoms with Crippen molar-refractivity contribution in [2.45, 2.75) is 57.4 Å². The highest BCUT2D eigenvalue weighted by Crippen LogP contribution is 2.36. The zero-order chi connectivity index (χ0) is 14.5. The van der Waals surface area contributed by atoms with E-state index in [9.17, 15) is 4.79 Å². The van der Waals surface area contributed by atoms with Crippen molar-refractivity contribution < 1.29 is 9.53 Å². The molecular weight excluding hydrogens is 256 g/mol. The fourth-order valence-electron chi connectivity index (χ4n) is 3.07. The number of primary amides is 1. The zero-order valence-electron chi connectivity index (χ0n) is 12.3. The van der Waals surface area contributed by atoms with E-state index in [2.05, 4.69) is 17.2 Å². The largest absolute Gasteiger partial charge is 0.382 e. The number of amides is 1. The van der Waals surface area contributed by atoms with Crippen molar-refractivity contribution in [2.75, 3.05) is 13.7 Å². The molecule has 6 heteroatoms. The average molecular weight is 280 g/mol. The monoisotopic (exact) mass is 280 g/mol. The van der Waals surface area contributed by atoms with Crippen LogP contribution in [0.2, 0.25) is 0 Å². The number of methoxy groups -OCH3 is 1. The van der Waals surface area contributed by atoms with Gasteiger partial charge in [0.15, 0.2) is 0 Å². The molecule has 0 aromatic carbocycles. The van der Waals surface area contributed by atoms with Crippen LogP contribution in [-0.2, 0) is 16.0 Å². The second-order valence-electron chi connectivity index (χ2n) is 5.51. The third-order valence-electron chi connectivity index (χ3n) is 4.06. The maximum absolute atomic E-state index is 11.2. The maximum atomic E-state index is 11.2. The van der Waals surface area contributed by atoms with Gasteiger partial charge >= 0.3 is 0 Å². The highest BCUT2D eigenvalue weighted by Gasteiger charge is 2.28. The van der Waals surface area contributed by atoms with Crippen molar-refractivity contribution in [2.24, 2.45) is 5.73 Å². The number of hydrogen-bond donors (Lipinski definition) is 1. The minimum absolute atomic E-state index is 0.171. The molecule has 112 valence electrons. The van der Waals surface area contributed by atoms with Gasteiger partial charge in [-0.3, -0.25) is 4.79 Å². The standard InChI is InChI=1S/C14H24N4O2/c1-3-11(9-20-2)18-14(10-6-4-5-7-10)12(16-17-18)8-13(15)19/h10-11H,3-9H2,1-2H3,(H2,15,19). The van der Waals surface area contributed by atoms with Crippen molar-refractivity contribution >= 4 is 5.91 Å². The molecule has 0 saturated heterocycles. The number of rotatable bonds is 7. The van der Waals surface area contributed by atoms with E-state index >= 15 is 0 Å². The maximum Gasteiger partial charge on any atom is 0.223 e. The Kier molecular flexibility index (Phi) is 5.11. The van der Waals surface area contributed by atoms with Crippen molar-refractivity contribution in [3.63, 3.8) is 0 Å². The van der Waals surface area contributed by atoms with Crippen LogP contribution in [0.1, 0.15) is 62.4 Å². The molecule has 1 aliphatic carbocycles. The number of ether oxygens (including phenoxy) is 1. The lowest BCUT2D eigenvalue weighted by Gasteiger charge is -2.20. The van der Waals surface area contributed by atoms with Crippen LogP contribution in [0.4, 0.5) is 0 Å². The normalized spacial score (nSPS) is 17.5. The summed E-state index contributed by atoms with van der Waals surface area (Å²) in [5, 5.41) is 8.49. The van der Waals surface area contributed by atoms with Gasteiger partial charge in [-0.05, 0) is 19.3 Å². The first kappa shape index (κ1) is 15.0. The van der Waals surface area contributed by atoms with E-state index in [1.54, 1.807) is 7.11 Å². The van der Waals surface area contributed by atoms with Crippen LogP contribution in [0.3, 0.4) is 0 Å². The van der Waals surface area contributed by atoms with Gasteiger partial charge in [0.1, 0.15) is 0 Å². The molecule has 2 N–H and O–H groups in total. The molecular formula is C14H24N4O2. The van der Waals surface area contributed by atoms with E-state index in [0.717, 1.165) is 30.7 Å². The van der Waals surface area contributed by atoms with Crippen LogP contribution in [-0.4, -0.2) is 34.6 Å². The van der Waals surface area contributed by atoms with Crippen molar-refractivity contribution in [3.8, 4) is 0 Å². The lowest BCUT2D eigenvalue weighted by atomic mass is 9.99. The van der Waals surface area contributed by atoms with E-state index in [1.807, 2.05) is 4.68 Å². The fourth-order valence-corrected chi connectivity index (χ4v) is 3.07. The molecule has 0 radical (unpaired) electrons. The van der Waals surface area contributed by atoms with E-state index < -0.39 is 0 Å². The quantitative estimate of drug-likeness (QED) is 0.821. The molecule has 1 aromatic rings. The Balaban J connectivity index is 2.34. The molecule has 6 nitrogen and oxygen atoms in total. The van der Waals surface area contributed by atoms with Gasteiger partial charge in [0.25, 0.3) is 0 Å². The molecule has 0 spiro atoms. The van der Waals surface area contributed by atoms with Gasteiger partial charge in [-0.1, -0.05) is 25.0 Å². The molecule has 1 heterocycles. The molecule has 1 aromatic heterocycles. The van der Waals surface area contributed by atoms with Gasteiger partial charge in [-0.25, -0.2) is 4.68 Å². The Morgan fingerprint density at radius 1 is 1.50 bits per heavy atom. The molecule has 1 atom stereocenters. The summed E-state index contributed by atoms with van der Waals surface area (Å²) in [6, 6.07) is 0.171. The second-order valence-corrected chi connectivity index (χ2v) is 5.51. The van der Waals surface area contributed by atoms with Crippen LogP contribution in [0.5, 0.6) is 0 Å². The van der Waals surface area contributed by atoms with Gasteiger partial charge in [0.05, 0.1) is 30.5 Å². The number of carbonyl (C=O) groups excluding carboxylic acids is 1. The molecule has 1 aliphatic rings. The molecule has 1 unspecified atom stereocenters. The summed E-state index contributed by atoms with van der Waals surface area (Å²) in [7, 11) is 1.69. The van der Waals surface area contributed by atoms with Crippen LogP contribution in [0.25, 0.3) is 0 Å². The zero-order valence-corrected chi connectivity index (χ0v) is 12.3. The minimum atomic E-state index is -0.351. The number of carbonyl (C=O) groups is 1. The SMILES string of the molecule is CCC(COC)n1nnc(CC(N)=O)c1C1CCCC1. The first-order chi connectivity index (χ1) is 9.67. The van der Waals surface area contributed by atoms with Crippen LogP contribution < -0.4 is 5.73 Å². The smallest absolute Gasteiger partial charge is 0.223 e. The highest BCUT2D eigenvalue weighted by atomic mass is 16.5. The minimum Gasteiger partial charge on any atom is -0.382 e. The summed E-state index contributed by atoms with van der Waals surface area (Å²) in [6.07, 6.45) is 5.84. The van der Waals surface area contributed by atoms with Gasteiger partial charge < -0.3 is 10.5 Å². The molecule has 1 fully saturated rings. The molecule has 0 aliphatic heterocycles. The van der Waals surface area contributed by atoms with Crippen LogP contribution in [0, 0.1) is 0 Å². The Morgan fingerprint density at radius 2 is 2.20 bits per heavy atom. The highest BCUT2D eigenvalue weighted by molar-refractivity contribution is 5.76. The molecule has 0 bridgehead atoms. The average Bonchev–Trinajstić information content (AvgIpc) is 3.04. The van der Waals surface area contributed by atoms with E-state index in [4.69, 9.17) is 10.5 Å². The first-order valence-electron chi connectivity index (χ1n) is 7.38. The van der Waals surface area contributed by atoms with E-state index in [1.165, 1.54) is 12.8 Å².